The summed E-state index contributed by atoms with van der Waals surface area (Å²) in [6.07, 6.45) is 5.30. The Morgan fingerprint density at radius 3 is 2.40 bits per heavy atom. The van der Waals surface area contributed by atoms with E-state index in [1.165, 1.54) is 20.1 Å². The zero-order valence-electron chi connectivity index (χ0n) is 15.2. The van der Waals surface area contributed by atoms with Gasteiger partial charge in [0.1, 0.15) is 11.5 Å². The SMILES string of the molecule is COC(=O)CCCCCc1cc(OC)c(C=C(C)N([O-])O)cc1OC. The summed E-state index contributed by atoms with van der Waals surface area (Å²) in [6, 6.07) is 3.64. The minimum atomic E-state index is -0.193. The smallest absolute Gasteiger partial charge is 0.305 e. The largest absolute Gasteiger partial charge is 0.734 e. The van der Waals surface area contributed by atoms with Gasteiger partial charge < -0.3 is 24.6 Å². The van der Waals surface area contributed by atoms with Crippen molar-refractivity contribution in [2.75, 3.05) is 21.3 Å². The van der Waals surface area contributed by atoms with Crippen LogP contribution < -0.4 is 9.47 Å². The van der Waals surface area contributed by atoms with Crippen molar-refractivity contribution in [2.24, 2.45) is 0 Å². The molecule has 0 radical (unpaired) electrons. The van der Waals surface area contributed by atoms with Gasteiger partial charge in [-0.05, 0) is 50.0 Å². The van der Waals surface area contributed by atoms with E-state index in [-0.39, 0.29) is 16.9 Å². The molecule has 0 amide bonds. The van der Waals surface area contributed by atoms with Crippen LogP contribution in [0.4, 0.5) is 0 Å². The lowest BCUT2D eigenvalue weighted by Crippen LogP contribution is -2.06. The van der Waals surface area contributed by atoms with Crippen LogP contribution in [0.15, 0.2) is 17.8 Å². The van der Waals surface area contributed by atoms with E-state index in [4.69, 9.17) is 14.7 Å². The second kappa shape index (κ2) is 10.6. The lowest BCUT2D eigenvalue weighted by atomic mass is 10.0. The maximum Gasteiger partial charge on any atom is 0.305 e. The Morgan fingerprint density at radius 2 is 1.84 bits per heavy atom. The van der Waals surface area contributed by atoms with Crippen LogP contribution in [-0.4, -0.2) is 37.7 Å². The molecule has 0 heterocycles. The lowest BCUT2D eigenvalue weighted by molar-refractivity contribution is -0.140. The maximum atomic E-state index is 11.1. The first kappa shape index (κ1) is 20.8. The molecule has 0 aliphatic heterocycles. The second-order valence-corrected chi connectivity index (χ2v) is 5.60. The third kappa shape index (κ3) is 6.64. The van der Waals surface area contributed by atoms with Crippen LogP contribution in [0.3, 0.4) is 0 Å². The number of benzene rings is 1. The Kier molecular flexibility index (Phi) is 8.80. The molecule has 0 saturated carbocycles. The highest BCUT2D eigenvalue weighted by molar-refractivity contribution is 5.69. The summed E-state index contributed by atoms with van der Waals surface area (Å²) in [5.74, 6) is 1.08. The molecule has 0 saturated heterocycles. The van der Waals surface area contributed by atoms with Crippen molar-refractivity contribution in [3.63, 3.8) is 0 Å². The van der Waals surface area contributed by atoms with Gasteiger partial charge in [-0.25, -0.2) is 0 Å². The minimum absolute atomic E-state index is 0.135. The molecule has 0 unspecified atom stereocenters. The Bertz CT molecular complexity index is 597. The van der Waals surface area contributed by atoms with Crippen molar-refractivity contribution in [2.45, 2.75) is 39.0 Å². The third-order valence-corrected chi connectivity index (χ3v) is 3.85. The van der Waals surface area contributed by atoms with Crippen molar-refractivity contribution in [3.05, 3.63) is 34.2 Å². The normalized spacial score (nSPS) is 11.2. The summed E-state index contributed by atoms with van der Waals surface area (Å²) >= 11 is 0. The molecular formula is C18H26NO6-. The van der Waals surface area contributed by atoms with Crippen molar-refractivity contribution < 1.29 is 24.2 Å². The van der Waals surface area contributed by atoms with E-state index in [1.807, 2.05) is 6.07 Å². The molecule has 0 spiro atoms. The fourth-order valence-electron chi connectivity index (χ4n) is 2.44. The van der Waals surface area contributed by atoms with Crippen LogP contribution in [0.2, 0.25) is 0 Å². The highest BCUT2D eigenvalue weighted by Crippen LogP contribution is 2.31. The number of hydrogen-bond acceptors (Lipinski definition) is 7. The number of hydrogen-bond donors (Lipinski definition) is 1. The molecule has 7 heteroatoms. The van der Waals surface area contributed by atoms with Crippen LogP contribution in [0.1, 0.15) is 43.7 Å². The molecule has 0 aliphatic carbocycles. The number of allylic oxidation sites excluding steroid dienone is 1. The minimum Gasteiger partial charge on any atom is -0.734 e. The molecule has 25 heavy (non-hydrogen) atoms. The summed E-state index contributed by atoms with van der Waals surface area (Å²) in [4.78, 5) is 11.1. The van der Waals surface area contributed by atoms with Gasteiger partial charge in [0.05, 0.1) is 21.3 Å². The van der Waals surface area contributed by atoms with Crippen molar-refractivity contribution in [1.29, 1.82) is 0 Å². The molecular weight excluding hydrogens is 326 g/mol. The highest BCUT2D eigenvalue weighted by Gasteiger charge is 2.11. The fourth-order valence-corrected chi connectivity index (χ4v) is 2.44. The first-order chi connectivity index (χ1) is 11.9. The first-order valence-electron chi connectivity index (χ1n) is 8.09. The van der Waals surface area contributed by atoms with E-state index < -0.39 is 0 Å². The Labute approximate surface area is 148 Å². The van der Waals surface area contributed by atoms with E-state index in [0.717, 1.165) is 31.2 Å². The highest BCUT2D eigenvalue weighted by atomic mass is 16.8. The number of esters is 1. The van der Waals surface area contributed by atoms with E-state index in [2.05, 4.69) is 4.74 Å². The molecule has 0 aromatic heterocycles. The molecule has 0 atom stereocenters. The Balaban J connectivity index is 2.83. The van der Waals surface area contributed by atoms with E-state index in [0.29, 0.717) is 23.5 Å². The number of methoxy groups -OCH3 is 3. The van der Waals surface area contributed by atoms with Crippen molar-refractivity contribution >= 4 is 12.0 Å². The summed E-state index contributed by atoms with van der Waals surface area (Å²) in [6.45, 7) is 1.49. The zero-order valence-corrected chi connectivity index (χ0v) is 15.2. The standard InChI is InChI=1S/C18H26NO6/c1-13(19(21)22)10-15-12-16(23-2)14(11-17(15)24-3)8-6-5-7-9-18(20)25-4/h10-12,21H,5-9H2,1-4H3/q-1. The van der Waals surface area contributed by atoms with Gasteiger partial charge in [-0.15, -0.1) is 0 Å². The quantitative estimate of drug-likeness (QED) is 0.391. The Hall–Kier alpha value is -2.25. The number of aryl methyl sites for hydroxylation is 1. The van der Waals surface area contributed by atoms with Crippen LogP contribution in [0, 0.1) is 5.21 Å². The summed E-state index contributed by atoms with van der Waals surface area (Å²) < 4.78 is 15.4. The third-order valence-electron chi connectivity index (χ3n) is 3.85. The van der Waals surface area contributed by atoms with Gasteiger partial charge in [-0.2, -0.15) is 0 Å². The molecule has 1 N–H and O–H groups in total. The summed E-state index contributed by atoms with van der Waals surface area (Å²) in [7, 11) is 4.51. The predicted molar refractivity (Wildman–Crippen MR) is 94.4 cm³/mol. The van der Waals surface area contributed by atoms with Crippen molar-refractivity contribution in [1.82, 2.24) is 5.23 Å². The van der Waals surface area contributed by atoms with Gasteiger partial charge in [-0.3, -0.25) is 10.0 Å². The molecule has 0 fully saturated rings. The van der Waals surface area contributed by atoms with Crippen LogP contribution >= 0.6 is 0 Å². The topological polar surface area (TPSA) is 91.3 Å². The fraction of sp³-hybridized carbons (Fsp3) is 0.500. The average molecular weight is 352 g/mol. The van der Waals surface area contributed by atoms with Crippen LogP contribution in [-0.2, 0) is 16.0 Å². The van der Waals surface area contributed by atoms with E-state index in [9.17, 15) is 10.0 Å². The van der Waals surface area contributed by atoms with Crippen LogP contribution in [0.5, 0.6) is 11.5 Å². The Morgan fingerprint density at radius 1 is 1.16 bits per heavy atom. The number of ether oxygens (including phenoxy) is 3. The number of unbranched alkanes of at least 4 members (excludes halogenated alkanes) is 2. The summed E-state index contributed by atoms with van der Waals surface area (Å²) in [5.41, 5.74) is 1.76. The van der Waals surface area contributed by atoms with Crippen LogP contribution in [0.25, 0.3) is 6.08 Å². The molecule has 1 aromatic carbocycles. The molecule has 1 aromatic rings. The molecule has 7 nitrogen and oxygen atoms in total. The summed E-state index contributed by atoms with van der Waals surface area (Å²) in [5, 5.41) is 19.7. The predicted octanol–water partition coefficient (Wildman–Crippen LogP) is 3.53. The van der Waals surface area contributed by atoms with E-state index in [1.54, 1.807) is 20.3 Å². The second-order valence-electron chi connectivity index (χ2n) is 5.60. The number of hydroxylamine groups is 2. The number of nitrogens with zero attached hydrogens (tertiary/aromatic N) is 1. The van der Waals surface area contributed by atoms with Gasteiger partial charge in [0.2, 0.25) is 0 Å². The molecule has 140 valence electrons. The lowest BCUT2D eigenvalue weighted by Gasteiger charge is -2.22. The van der Waals surface area contributed by atoms with Gasteiger partial charge in [0, 0.05) is 17.7 Å². The number of rotatable bonds is 10. The maximum absolute atomic E-state index is 11.1. The van der Waals surface area contributed by atoms with E-state index >= 15 is 0 Å². The van der Waals surface area contributed by atoms with Crippen molar-refractivity contribution in [3.8, 4) is 11.5 Å². The monoisotopic (exact) mass is 352 g/mol. The van der Waals surface area contributed by atoms with Gasteiger partial charge in [-0.1, -0.05) is 6.42 Å². The average Bonchev–Trinajstić information content (AvgIpc) is 2.61. The number of carbonyl (C=O) groups is 1. The molecule has 0 aliphatic rings. The molecule has 0 bridgehead atoms. The number of carbonyl (C=O) groups excluding carboxylic acids is 1. The zero-order chi connectivity index (χ0) is 18.8. The van der Waals surface area contributed by atoms with Gasteiger partial charge in [0.25, 0.3) is 0 Å². The van der Waals surface area contributed by atoms with Gasteiger partial charge in [0.15, 0.2) is 0 Å². The first-order valence-corrected chi connectivity index (χ1v) is 8.09. The molecule has 1 rings (SSSR count). The van der Waals surface area contributed by atoms with Gasteiger partial charge >= 0.3 is 5.97 Å².